The van der Waals surface area contributed by atoms with Crippen LogP contribution in [-0.2, 0) is 17.9 Å². The van der Waals surface area contributed by atoms with Gasteiger partial charge in [0.05, 0.1) is 6.61 Å². The molecule has 0 spiro atoms. The maximum Gasteiger partial charge on any atom is 0.270 e. The van der Waals surface area contributed by atoms with Crippen LogP contribution in [-0.4, -0.2) is 17.5 Å². The standard InChI is InChI=1S/C17H20N2O2/c1-3-21-12-15-9-5-4-8-14(15)11-18-17(20)16-10-6-7-13(2)19-16/h4-10H,3,11-12H2,1-2H3,(H,18,20). The van der Waals surface area contributed by atoms with Gasteiger partial charge >= 0.3 is 0 Å². The number of carbonyl (C=O) groups excluding carboxylic acids is 1. The van der Waals surface area contributed by atoms with Crippen LogP contribution in [0.2, 0.25) is 0 Å². The van der Waals surface area contributed by atoms with Crippen molar-refractivity contribution in [2.24, 2.45) is 0 Å². The highest BCUT2D eigenvalue weighted by Gasteiger charge is 2.08. The van der Waals surface area contributed by atoms with Gasteiger partial charge in [0.2, 0.25) is 0 Å². The molecule has 2 aromatic rings. The van der Waals surface area contributed by atoms with Gasteiger partial charge in [0.1, 0.15) is 5.69 Å². The summed E-state index contributed by atoms with van der Waals surface area (Å²) in [6, 6.07) is 13.4. The monoisotopic (exact) mass is 284 g/mol. The predicted octanol–water partition coefficient (Wildman–Crippen LogP) is 2.86. The zero-order chi connectivity index (χ0) is 15.1. The fraction of sp³-hybridized carbons (Fsp3) is 0.294. The lowest BCUT2D eigenvalue weighted by Gasteiger charge is -2.10. The van der Waals surface area contributed by atoms with Crippen molar-refractivity contribution in [3.8, 4) is 0 Å². The van der Waals surface area contributed by atoms with Gasteiger partial charge in [0, 0.05) is 18.8 Å². The number of amides is 1. The third-order valence-corrected chi connectivity index (χ3v) is 3.14. The average Bonchev–Trinajstić information content (AvgIpc) is 2.51. The van der Waals surface area contributed by atoms with Crippen LogP contribution in [0.1, 0.15) is 34.2 Å². The third-order valence-electron chi connectivity index (χ3n) is 3.14. The summed E-state index contributed by atoms with van der Waals surface area (Å²) in [5.74, 6) is -0.162. The Kier molecular flexibility index (Phi) is 5.46. The lowest BCUT2D eigenvalue weighted by molar-refractivity contribution is 0.0944. The average molecular weight is 284 g/mol. The summed E-state index contributed by atoms with van der Waals surface area (Å²) in [6.45, 7) is 5.54. The Hall–Kier alpha value is -2.20. The third kappa shape index (κ3) is 4.39. The number of hydrogen-bond acceptors (Lipinski definition) is 3. The summed E-state index contributed by atoms with van der Waals surface area (Å²) in [4.78, 5) is 16.3. The minimum Gasteiger partial charge on any atom is -0.377 e. The number of aryl methyl sites for hydroxylation is 1. The summed E-state index contributed by atoms with van der Waals surface area (Å²) < 4.78 is 5.44. The van der Waals surface area contributed by atoms with E-state index in [1.54, 1.807) is 6.07 Å². The Bertz CT molecular complexity index is 611. The zero-order valence-electron chi connectivity index (χ0n) is 12.4. The lowest BCUT2D eigenvalue weighted by Crippen LogP contribution is -2.24. The quantitative estimate of drug-likeness (QED) is 0.887. The van der Waals surface area contributed by atoms with Crippen molar-refractivity contribution in [2.45, 2.75) is 27.0 Å². The number of hydrogen-bond donors (Lipinski definition) is 1. The summed E-state index contributed by atoms with van der Waals surface area (Å²) in [7, 11) is 0. The van der Waals surface area contributed by atoms with Crippen LogP contribution >= 0.6 is 0 Å². The largest absolute Gasteiger partial charge is 0.377 e. The van der Waals surface area contributed by atoms with Crippen LogP contribution in [0.15, 0.2) is 42.5 Å². The second-order valence-electron chi connectivity index (χ2n) is 4.75. The first-order chi connectivity index (χ1) is 10.2. The maximum absolute atomic E-state index is 12.1. The van der Waals surface area contributed by atoms with Crippen molar-refractivity contribution >= 4 is 5.91 Å². The summed E-state index contributed by atoms with van der Waals surface area (Å²) in [6.07, 6.45) is 0. The number of rotatable bonds is 6. The molecule has 1 aromatic carbocycles. The lowest BCUT2D eigenvalue weighted by atomic mass is 10.1. The van der Waals surface area contributed by atoms with Gasteiger partial charge in [0.15, 0.2) is 0 Å². The van der Waals surface area contributed by atoms with Gasteiger partial charge < -0.3 is 10.1 Å². The number of ether oxygens (including phenoxy) is 1. The van der Waals surface area contributed by atoms with E-state index < -0.39 is 0 Å². The van der Waals surface area contributed by atoms with Gasteiger partial charge in [-0.3, -0.25) is 4.79 Å². The van der Waals surface area contributed by atoms with E-state index in [2.05, 4.69) is 10.3 Å². The van der Waals surface area contributed by atoms with E-state index in [1.807, 2.05) is 50.2 Å². The normalized spacial score (nSPS) is 10.4. The molecule has 0 aliphatic heterocycles. The molecule has 110 valence electrons. The molecule has 0 radical (unpaired) electrons. The molecule has 0 saturated heterocycles. The number of benzene rings is 1. The van der Waals surface area contributed by atoms with Gasteiger partial charge in [-0.2, -0.15) is 0 Å². The Balaban J connectivity index is 2.01. The molecular weight excluding hydrogens is 264 g/mol. The Labute approximate surface area is 125 Å². The number of pyridine rings is 1. The molecule has 4 heteroatoms. The van der Waals surface area contributed by atoms with E-state index in [0.717, 1.165) is 16.8 Å². The minimum absolute atomic E-state index is 0.162. The second kappa shape index (κ2) is 7.55. The van der Waals surface area contributed by atoms with E-state index in [9.17, 15) is 4.79 Å². The molecule has 0 fully saturated rings. The van der Waals surface area contributed by atoms with Gasteiger partial charge in [-0.1, -0.05) is 30.3 Å². The number of nitrogens with one attached hydrogen (secondary N) is 1. The van der Waals surface area contributed by atoms with Crippen molar-refractivity contribution in [1.82, 2.24) is 10.3 Å². The highest BCUT2D eigenvalue weighted by molar-refractivity contribution is 5.92. The van der Waals surface area contributed by atoms with Crippen molar-refractivity contribution in [2.75, 3.05) is 6.61 Å². The molecule has 0 aliphatic rings. The van der Waals surface area contributed by atoms with E-state index in [4.69, 9.17) is 4.74 Å². The smallest absolute Gasteiger partial charge is 0.270 e. The molecule has 1 aromatic heterocycles. The number of nitrogens with zero attached hydrogens (tertiary/aromatic N) is 1. The molecule has 4 nitrogen and oxygen atoms in total. The molecule has 2 rings (SSSR count). The topological polar surface area (TPSA) is 51.2 Å². The van der Waals surface area contributed by atoms with Crippen LogP contribution in [0.25, 0.3) is 0 Å². The van der Waals surface area contributed by atoms with E-state index >= 15 is 0 Å². The number of aromatic nitrogens is 1. The second-order valence-corrected chi connectivity index (χ2v) is 4.75. The van der Waals surface area contributed by atoms with Gasteiger partial charge in [-0.25, -0.2) is 4.98 Å². The molecule has 0 bridgehead atoms. The highest BCUT2D eigenvalue weighted by Crippen LogP contribution is 2.10. The first-order valence-corrected chi connectivity index (χ1v) is 7.07. The Morgan fingerprint density at radius 2 is 1.90 bits per heavy atom. The first kappa shape index (κ1) is 15.2. The first-order valence-electron chi connectivity index (χ1n) is 7.07. The van der Waals surface area contributed by atoms with Crippen LogP contribution in [0.4, 0.5) is 0 Å². The highest BCUT2D eigenvalue weighted by atomic mass is 16.5. The zero-order valence-corrected chi connectivity index (χ0v) is 12.4. The Morgan fingerprint density at radius 3 is 2.62 bits per heavy atom. The molecule has 1 N–H and O–H groups in total. The van der Waals surface area contributed by atoms with E-state index in [0.29, 0.717) is 25.5 Å². The van der Waals surface area contributed by atoms with Crippen LogP contribution in [0, 0.1) is 6.92 Å². The fourth-order valence-electron chi connectivity index (χ4n) is 2.02. The fourth-order valence-corrected chi connectivity index (χ4v) is 2.02. The predicted molar refractivity (Wildman–Crippen MR) is 81.9 cm³/mol. The molecule has 0 saturated carbocycles. The van der Waals surface area contributed by atoms with Crippen LogP contribution in [0.5, 0.6) is 0 Å². The van der Waals surface area contributed by atoms with Crippen molar-refractivity contribution in [3.63, 3.8) is 0 Å². The van der Waals surface area contributed by atoms with Gasteiger partial charge in [-0.05, 0) is 37.1 Å². The SMILES string of the molecule is CCOCc1ccccc1CNC(=O)c1cccc(C)n1. The van der Waals surface area contributed by atoms with Crippen molar-refractivity contribution in [3.05, 3.63) is 65.0 Å². The van der Waals surface area contributed by atoms with Gasteiger partial charge in [0.25, 0.3) is 5.91 Å². The van der Waals surface area contributed by atoms with E-state index in [-0.39, 0.29) is 5.91 Å². The minimum atomic E-state index is -0.162. The molecule has 0 aliphatic carbocycles. The summed E-state index contributed by atoms with van der Waals surface area (Å²) >= 11 is 0. The molecular formula is C17H20N2O2. The summed E-state index contributed by atoms with van der Waals surface area (Å²) in [5.41, 5.74) is 3.43. The van der Waals surface area contributed by atoms with Crippen molar-refractivity contribution in [1.29, 1.82) is 0 Å². The molecule has 0 atom stereocenters. The Morgan fingerprint density at radius 1 is 1.14 bits per heavy atom. The summed E-state index contributed by atoms with van der Waals surface area (Å²) in [5, 5.41) is 2.90. The molecule has 21 heavy (non-hydrogen) atoms. The molecule has 1 heterocycles. The van der Waals surface area contributed by atoms with Gasteiger partial charge in [-0.15, -0.1) is 0 Å². The maximum atomic E-state index is 12.1. The van der Waals surface area contributed by atoms with E-state index in [1.165, 1.54) is 0 Å². The van der Waals surface area contributed by atoms with Crippen LogP contribution < -0.4 is 5.32 Å². The molecule has 0 unspecified atom stereocenters. The van der Waals surface area contributed by atoms with Crippen molar-refractivity contribution < 1.29 is 9.53 Å². The number of carbonyl (C=O) groups is 1. The van der Waals surface area contributed by atoms with Crippen LogP contribution in [0.3, 0.4) is 0 Å². The molecule has 1 amide bonds.